The van der Waals surface area contributed by atoms with Gasteiger partial charge in [-0.1, -0.05) is 19.4 Å². The van der Waals surface area contributed by atoms with Crippen LogP contribution in [0.3, 0.4) is 0 Å². The zero-order chi connectivity index (χ0) is 12.4. The summed E-state index contributed by atoms with van der Waals surface area (Å²) in [6, 6.07) is 0. The van der Waals surface area contributed by atoms with Crippen molar-refractivity contribution in [3.8, 4) is 0 Å². The number of hydrogen-bond acceptors (Lipinski definition) is 4. The van der Waals surface area contributed by atoms with Gasteiger partial charge in [-0.25, -0.2) is 8.42 Å². The molecule has 0 aromatic carbocycles. The summed E-state index contributed by atoms with van der Waals surface area (Å²) in [5, 5.41) is -0.424. The molecule has 1 saturated carbocycles. The van der Waals surface area contributed by atoms with E-state index in [2.05, 4.69) is 6.58 Å². The Morgan fingerprint density at radius 3 is 2.56 bits per heavy atom. The lowest BCUT2D eigenvalue weighted by Gasteiger charge is -2.23. The van der Waals surface area contributed by atoms with Crippen molar-refractivity contribution >= 4 is 15.9 Å². The first-order chi connectivity index (χ1) is 7.35. The first-order valence-electron chi connectivity index (χ1n) is 5.34. The van der Waals surface area contributed by atoms with Crippen molar-refractivity contribution in [2.45, 2.75) is 43.4 Å². The van der Waals surface area contributed by atoms with E-state index in [-0.39, 0.29) is 0 Å². The Labute approximate surface area is 96.1 Å². The Bertz CT molecular complexity index is 387. The van der Waals surface area contributed by atoms with E-state index < -0.39 is 26.7 Å². The number of rotatable bonds is 6. The average molecular weight is 246 g/mol. The number of nitrogens with two attached hydrogens (primary N) is 1. The third-order valence-corrected chi connectivity index (χ3v) is 4.47. The van der Waals surface area contributed by atoms with E-state index in [9.17, 15) is 13.2 Å². The molecule has 0 aliphatic heterocycles. The lowest BCUT2D eigenvalue weighted by molar-refractivity contribution is -0.123. The van der Waals surface area contributed by atoms with Crippen molar-refractivity contribution < 1.29 is 13.2 Å². The molecule has 1 amide bonds. The molecule has 16 heavy (non-hydrogen) atoms. The van der Waals surface area contributed by atoms with Gasteiger partial charge >= 0.3 is 0 Å². The molecule has 0 radical (unpaired) electrons. The summed E-state index contributed by atoms with van der Waals surface area (Å²) in [7, 11) is -3.53. The van der Waals surface area contributed by atoms with Crippen LogP contribution in [0.25, 0.3) is 0 Å². The average Bonchev–Trinajstić information content (AvgIpc) is 3.00. The van der Waals surface area contributed by atoms with Gasteiger partial charge in [-0.15, -0.1) is 6.58 Å². The Hall–Kier alpha value is -0.880. The molecule has 5 nitrogen and oxygen atoms in total. The highest BCUT2D eigenvalue weighted by atomic mass is 32.2. The minimum Gasteiger partial charge on any atom is -0.314 e. The molecule has 0 bridgehead atoms. The van der Waals surface area contributed by atoms with E-state index in [4.69, 9.17) is 5.73 Å². The number of carbonyl (C=O) groups is 1. The number of amides is 1. The molecule has 1 unspecified atom stereocenters. The number of sulfonamides is 1. The predicted molar refractivity (Wildman–Crippen MR) is 62.1 cm³/mol. The maximum absolute atomic E-state index is 11.7. The van der Waals surface area contributed by atoms with Crippen LogP contribution in [0, 0.1) is 0 Å². The minimum atomic E-state index is -3.53. The van der Waals surface area contributed by atoms with Crippen molar-refractivity contribution in [3.63, 3.8) is 0 Å². The highest BCUT2D eigenvalue weighted by molar-refractivity contribution is 7.90. The molecule has 0 heterocycles. The molecule has 0 aromatic rings. The first-order valence-corrected chi connectivity index (χ1v) is 6.89. The monoisotopic (exact) mass is 246 g/mol. The van der Waals surface area contributed by atoms with Crippen LogP contribution in [-0.4, -0.2) is 25.1 Å². The molecule has 92 valence electrons. The van der Waals surface area contributed by atoms with Crippen molar-refractivity contribution in [2.24, 2.45) is 5.73 Å². The minimum absolute atomic E-state index is 0.377. The lowest BCUT2D eigenvalue weighted by atomic mass is 9.95. The van der Waals surface area contributed by atoms with Crippen LogP contribution >= 0.6 is 0 Å². The Kier molecular flexibility index (Phi) is 3.75. The van der Waals surface area contributed by atoms with Crippen molar-refractivity contribution in [2.75, 3.05) is 0 Å². The highest BCUT2D eigenvalue weighted by Crippen LogP contribution is 2.27. The normalized spacial score (nSPS) is 19.9. The van der Waals surface area contributed by atoms with Gasteiger partial charge in [0.05, 0.1) is 5.25 Å². The molecular formula is C10H18N2O3S. The van der Waals surface area contributed by atoms with E-state index in [1.807, 2.05) is 11.6 Å². The molecular weight excluding hydrogens is 228 g/mol. The molecule has 1 aliphatic rings. The van der Waals surface area contributed by atoms with E-state index in [1.54, 1.807) is 0 Å². The van der Waals surface area contributed by atoms with Crippen LogP contribution in [0.15, 0.2) is 12.7 Å². The summed E-state index contributed by atoms with van der Waals surface area (Å²) < 4.78 is 25.1. The summed E-state index contributed by atoms with van der Waals surface area (Å²) in [6.07, 6.45) is 3.58. The molecule has 3 N–H and O–H groups in total. The molecule has 1 atom stereocenters. The van der Waals surface area contributed by atoms with Crippen LogP contribution in [0.5, 0.6) is 0 Å². The fourth-order valence-electron chi connectivity index (χ4n) is 1.41. The van der Waals surface area contributed by atoms with Gasteiger partial charge < -0.3 is 5.73 Å². The topological polar surface area (TPSA) is 89.3 Å². The fourth-order valence-corrected chi connectivity index (χ4v) is 2.78. The molecule has 6 heteroatoms. The predicted octanol–water partition coefficient (Wildman–Crippen LogP) is 0.278. The smallest absolute Gasteiger partial charge is 0.257 e. The van der Waals surface area contributed by atoms with Crippen LogP contribution in [0.1, 0.15) is 32.6 Å². The zero-order valence-corrected chi connectivity index (χ0v) is 10.2. The Morgan fingerprint density at radius 2 is 2.19 bits per heavy atom. The summed E-state index contributed by atoms with van der Waals surface area (Å²) in [5.41, 5.74) is 4.49. The van der Waals surface area contributed by atoms with Crippen molar-refractivity contribution in [1.82, 2.24) is 4.72 Å². The van der Waals surface area contributed by atoms with Crippen LogP contribution in [-0.2, 0) is 14.8 Å². The zero-order valence-electron chi connectivity index (χ0n) is 9.40. The summed E-state index contributed by atoms with van der Waals surface area (Å²) in [6.45, 7) is 5.35. The van der Waals surface area contributed by atoms with E-state index >= 15 is 0 Å². The maximum atomic E-state index is 11.7. The number of carbonyl (C=O) groups excluding carboxylic acids is 1. The lowest BCUT2D eigenvalue weighted by Crippen LogP contribution is -2.54. The van der Waals surface area contributed by atoms with Gasteiger partial charge in [0, 0.05) is 0 Å². The fraction of sp³-hybridized carbons (Fsp3) is 0.700. The second-order valence-electron chi connectivity index (χ2n) is 4.17. The molecule has 0 spiro atoms. The largest absolute Gasteiger partial charge is 0.314 e. The molecule has 0 saturated heterocycles. The molecule has 0 aromatic heterocycles. The van der Waals surface area contributed by atoms with Gasteiger partial charge in [0.15, 0.2) is 0 Å². The van der Waals surface area contributed by atoms with Crippen molar-refractivity contribution in [1.29, 1.82) is 0 Å². The highest BCUT2D eigenvalue weighted by Gasteiger charge is 2.40. The quantitative estimate of drug-likeness (QED) is 0.659. The summed E-state index contributed by atoms with van der Waals surface area (Å²) in [5.74, 6) is -0.684. The molecule has 1 aliphatic carbocycles. The number of nitrogens with one attached hydrogen (secondary N) is 1. The van der Waals surface area contributed by atoms with Gasteiger partial charge in [-0.05, 0) is 19.3 Å². The van der Waals surface area contributed by atoms with Gasteiger partial charge in [0.1, 0.15) is 5.54 Å². The second-order valence-corrected chi connectivity index (χ2v) is 6.13. The SMILES string of the molecule is C=CC(N)(CCC)C(=O)NS(=O)(=O)C1CC1. The first kappa shape index (κ1) is 13.2. The summed E-state index contributed by atoms with van der Waals surface area (Å²) >= 11 is 0. The molecule has 1 fully saturated rings. The maximum Gasteiger partial charge on any atom is 0.257 e. The second kappa shape index (κ2) is 4.55. The van der Waals surface area contributed by atoms with Gasteiger partial charge in [-0.2, -0.15) is 0 Å². The van der Waals surface area contributed by atoms with E-state index in [0.29, 0.717) is 25.7 Å². The Balaban J connectivity index is 2.73. The van der Waals surface area contributed by atoms with Gasteiger partial charge in [0.2, 0.25) is 10.0 Å². The van der Waals surface area contributed by atoms with Crippen LogP contribution in [0.4, 0.5) is 0 Å². The number of hydrogen-bond donors (Lipinski definition) is 2. The van der Waals surface area contributed by atoms with Crippen LogP contribution in [0.2, 0.25) is 0 Å². The molecule has 1 rings (SSSR count). The summed E-state index contributed by atoms with van der Waals surface area (Å²) in [4.78, 5) is 11.7. The third kappa shape index (κ3) is 2.82. The van der Waals surface area contributed by atoms with Gasteiger partial charge in [-0.3, -0.25) is 9.52 Å². The standard InChI is InChI=1S/C10H18N2O3S/c1-3-7-10(11,4-2)9(13)12-16(14,15)8-5-6-8/h4,8H,2-3,5-7,11H2,1H3,(H,12,13). The van der Waals surface area contributed by atoms with E-state index in [0.717, 1.165) is 0 Å². The Morgan fingerprint density at radius 1 is 1.62 bits per heavy atom. The van der Waals surface area contributed by atoms with Crippen LogP contribution < -0.4 is 10.5 Å². The van der Waals surface area contributed by atoms with Gasteiger partial charge in [0.25, 0.3) is 5.91 Å². The van der Waals surface area contributed by atoms with E-state index in [1.165, 1.54) is 6.08 Å². The van der Waals surface area contributed by atoms with Crippen molar-refractivity contribution in [3.05, 3.63) is 12.7 Å². The third-order valence-electron chi connectivity index (χ3n) is 2.65.